The summed E-state index contributed by atoms with van der Waals surface area (Å²) in [6.45, 7) is 2.54. The van der Waals surface area contributed by atoms with Gasteiger partial charge in [0, 0.05) is 18.7 Å². The van der Waals surface area contributed by atoms with Crippen LogP contribution in [0.5, 0.6) is 5.75 Å². The molecule has 3 aromatic rings. The Bertz CT molecular complexity index is 842. The van der Waals surface area contributed by atoms with E-state index in [2.05, 4.69) is 9.88 Å². The Morgan fingerprint density at radius 3 is 2.65 bits per heavy atom. The molecule has 0 aliphatic carbocycles. The van der Waals surface area contributed by atoms with Gasteiger partial charge in [-0.1, -0.05) is 30.3 Å². The highest BCUT2D eigenvalue weighted by molar-refractivity contribution is 5.56. The molecule has 0 N–H and O–H groups in total. The molecular formula is C21H21FN2O2. The fourth-order valence-corrected chi connectivity index (χ4v) is 3.23. The van der Waals surface area contributed by atoms with E-state index in [1.807, 2.05) is 36.4 Å². The standard InChI is InChI=1S/C21H21FN2O2/c22-17-6-4-5-16(13-17)20-14-23-21(26-20)15-24-11-9-19(10-12-24)25-18-7-2-1-3-8-18/h1-8,13-14,19H,9-12,15H2. The van der Waals surface area contributed by atoms with E-state index in [0.29, 0.717) is 23.8 Å². The number of hydrogen-bond donors (Lipinski definition) is 0. The fraction of sp³-hybridized carbons (Fsp3) is 0.286. The van der Waals surface area contributed by atoms with Gasteiger partial charge in [-0.05, 0) is 37.1 Å². The van der Waals surface area contributed by atoms with Gasteiger partial charge in [0.2, 0.25) is 5.89 Å². The van der Waals surface area contributed by atoms with Crippen LogP contribution in [-0.2, 0) is 6.54 Å². The van der Waals surface area contributed by atoms with Crippen LogP contribution in [0.4, 0.5) is 4.39 Å². The summed E-state index contributed by atoms with van der Waals surface area (Å²) in [4.78, 5) is 6.65. The van der Waals surface area contributed by atoms with Gasteiger partial charge in [0.1, 0.15) is 17.7 Å². The molecular weight excluding hydrogens is 331 g/mol. The van der Waals surface area contributed by atoms with Crippen LogP contribution in [0.1, 0.15) is 18.7 Å². The summed E-state index contributed by atoms with van der Waals surface area (Å²) >= 11 is 0. The van der Waals surface area contributed by atoms with Crippen molar-refractivity contribution in [2.75, 3.05) is 13.1 Å². The molecule has 2 heterocycles. The van der Waals surface area contributed by atoms with Gasteiger partial charge in [0.15, 0.2) is 5.76 Å². The highest BCUT2D eigenvalue weighted by Crippen LogP contribution is 2.23. The summed E-state index contributed by atoms with van der Waals surface area (Å²) in [5.41, 5.74) is 0.707. The van der Waals surface area contributed by atoms with Crippen molar-refractivity contribution in [3.63, 3.8) is 0 Å². The predicted octanol–water partition coefficient (Wildman–Crippen LogP) is 4.52. The molecule has 0 saturated carbocycles. The maximum Gasteiger partial charge on any atom is 0.209 e. The predicted molar refractivity (Wildman–Crippen MR) is 97.3 cm³/mol. The van der Waals surface area contributed by atoms with E-state index in [0.717, 1.165) is 31.7 Å². The number of para-hydroxylation sites is 1. The minimum Gasteiger partial charge on any atom is -0.490 e. The number of oxazole rings is 1. The molecule has 134 valence electrons. The van der Waals surface area contributed by atoms with E-state index < -0.39 is 0 Å². The Hall–Kier alpha value is -2.66. The van der Waals surface area contributed by atoms with Crippen molar-refractivity contribution in [3.8, 4) is 17.1 Å². The van der Waals surface area contributed by atoms with Gasteiger partial charge >= 0.3 is 0 Å². The third kappa shape index (κ3) is 4.11. The quantitative estimate of drug-likeness (QED) is 0.676. The van der Waals surface area contributed by atoms with Crippen LogP contribution in [0.2, 0.25) is 0 Å². The Balaban J connectivity index is 1.31. The second-order valence-electron chi connectivity index (χ2n) is 6.54. The minimum atomic E-state index is -0.277. The number of hydrogen-bond acceptors (Lipinski definition) is 4. The first-order valence-electron chi connectivity index (χ1n) is 8.91. The van der Waals surface area contributed by atoms with Crippen LogP contribution >= 0.6 is 0 Å². The lowest BCUT2D eigenvalue weighted by atomic mass is 10.1. The zero-order chi connectivity index (χ0) is 17.8. The molecule has 1 aliphatic heterocycles. The number of likely N-dealkylation sites (tertiary alicyclic amines) is 1. The number of piperidine rings is 1. The van der Waals surface area contributed by atoms with E-state index in [-0.39, 0.29) is 11.9 Å². The lowest BCUT2D eigenvalue weighted by Gasteiger charge is -2.31. The molecule has 5 heteroatoms. The molecule has 4 nitrogen and oxygen atoms in total. The molecule has 1 aliphatic rings. The first kappa shape index (κ1) is 16.8. The van der Waals surface area contributed by atoms with Crippen LogP contribution in [0.3, 0.4) is 0 Å². The van der Waals surface area contributed by atoms with Crippen molar-refractivity contribution >= 4 is 0 Å². The molecule has 0 atom stereocenters. The van der Waals surface area contributed by atoms with Crippen molar-refractivity contribution < 1.29 is 13.5 Å². The molecule has 0 bridgehead atoms. The topological polar surface area (TPSA) is 38.5 Å². The summed E-state index contributed by atoms with van der Waals surface area (Å²) in [6, 6.07) is 16.3. The molecule has 0 radical (unpaired) electrons. The second kappa shape index (κ2) is 7.70. The monoisotopic (exact) mass is 352 g/mol. The van der Waals surface area contributed by atoms with Crippen LogP contribution in [-0.4, -0.2) is 29.1 Å². The van der Waals surface area contributed by atoms with Gasteiger partial charge in [0.05, 0.1) is 12.7 Å². The van der Waals surface area contributed by atoms with E-state index in [9.17, 15) is 4.39 Å². The summed E-state index contributed by atoms with van der Waals surface area (Å²) < 4.78 is 25.2. The maximum absolute atomic E-state index is 13.3. The number of nitrogens with zero attached hydrogens (tertiary/aromatic N) is 2. The van der Waals surface area contributed by atoms with Crippen LogP contribution in [0, 0.1) is 5.82 Å². The van der Waals surface area contributed by atoms with Crippen molar-refractivity contribution in [1.82, 2.24) is 9.88 Å². The molecule has 0 amide bonds. The molecule has 1 aromatic heterocycles. The van der Waals surface area contributed by atoms with Gasteiger partial charge in [-0.15, -0.1) is 0 Å². The molecule has 0 unspecified atom stereocenters. The van der Waals surface area contributed by atoms with Crippen molar-refractivity contribution in [3.05, 3.63) is 72.5 Å². The zero-order valence-electron chi connectivity index (χ0n) is 14.5. The third-order valence-electron chi connectivity index (χ3n) is 4.60. The Morgan fingerprint density at radius 1 is 1.08 bits per heavy atom. The van der Waals surface area contributed by atoms with E-state index in [1.165, 1.54) is 12.1 Å². The minimum absolute atomic E-state index is 0.251. The normalized spacial score (nSPS) is 15.9. The largest absolute Gasteiger partial charge is 0.490 e. The van der Waals surface area contributed by atoms with Crippen molar-refractivity contribution in [2.24, 2.45) is 0 Å². The average Bonchev–Trinajstić information content (AvgIpc) is 3.13. The maximum atomic E-state index is 13.3. The van der Waals surface area contributed by atoms with Gasteiger partial charge in [-0.25, -0.2) is 9.37 Å². The molecule has 4 rings (SSSR count). The SMILES string of the molecule is Fc1cccc(-c2cnc(CN3CCC(Oc4ccccc4)CC3)o2)c1. The summed E-state index contributed by atoms with van der Waals surface area (Å²) in [6.07, 6.45) is 3.87. The third-order valence-corrected chi connectivity index (χ3v) is 4.60. The van der Waals surface area contributed by atoms with Gasteiger partial charge in [0.25, 0.3) is 0 Å². The molecule has 2 aromatic carbocycles. The smallest absolute Gasteiger partial charge is 0.209 e. The average molecular weight is 352 g/mol. The highest BCUT2D eigenvalue weighted by Gasteiger charge is 2.22. The number of benzene rings is 2. The summed E-state index contributed by atoms with van der Waals surface area (Å²) in [7, 11) is 0. The molecule has 1 fully saturated rings. The molecule has 1 saturated heterocycles. The summed E-state index contributed by atoms with van der Waals surface area (Å²) in [5.74, 6) is 1.91. The van der Waals surface area contributed by atoms with Gasteiger partial charge < -0.3 is 9.15 Å². The lowest BCUT2D eigenvalue weighted by molar-refractivity contribution is 0.0920. The van der Waals surface area contributed by atoms with E-state index >= 15 is 0 Å². The zero-order valence-corrected chi connectivity index (χ0v) is 14.5. The van der Waals surface area contributed by atoms with E-state index in [4.69, 9.17) is 9.15 Å². The second-order valence-corrected chi connectivity index (χ2v) is 6.54. The fourth-order valence-electron chi connectivity index (χ4n) is 3.23. The lowest BCUT2D eigenvalue weighted by Crippen LogP contribution is -2.37. The number of rotatable bonds is 5. The Labute approximate surface area is 152 Å². The van der Waals surface area contributed by atoms with Crippen molar-refractivity contribution in [2.45, 2.75) is 25.5 Å². The molecule has 26 heavy (non-hydrogen) atoms. The number of aromatic nitrogens is 1. The number of ether oxygens (including phenoxy) is 1. The van der Waals surface area contributed by atoms with Crippen molar-refractivity contribution in [1.29, 1.82) is 0 Å². The first-order chi connectivity index (χ1) is 12.8. The van der Waals surface area contributed by atoms with Crippen LogP contribution in [0.15, 0.2) is 65.2 Å². The van der Waals surface area contributed by atoms with Gasteiger partial charge in [-0.3, -0.25) is 4.90 Å². The number of halogens is 1. The molecule has 0 spiro atoms. The van der Waals surface area contributed by atoms with Gasteiger partial charge in [-0.2, -0.15) is 0 Å². The van der Waals surface area contributed by atoms with E-state index in [1.54, 1.807) is 12.3 Å². The summed E-state index contributed by atoms with van der Waals surface area (Å²) in [5, 5.41) is 0. The Kier molecular flexibility index (Phi) is 4.97. The first-order valence-corrected chi connectivity index (χ1v) is 8.91. The van der Waals surface area contributed by atoms with Crippen LogP contribution in [0.25, 0.3) is 11.3 Å². The Morgan fingerprint density at radius 2 is 1.88 bits per heavy atom. The highest BCUT2D eigenvalue weighted by atomic mass is 19.1. The van der Waals surface area contributed by atoms with Crippen LogP contribution < -0.4 is 4.74 Å².